The number of fused-ring (bicyclic) bond motifs is 1. The second-order valence-corrected chi connectivity index (χ2v) is 12.4. The van der Waals surface area contributed by atoms with Gasteiger partial charge >= 0.3 is 5.97 Å². The Morgan fingerprint density at radius 1 is 1.12 bits per heavy atom. The van der Waals surface area contributed by atoms with Gasteiger partial charge in [0.15, 0.2) is 5.75 Å². The number of aromatic carboxylic acids is 1. The summed E-state index contributed by atoms with van der Waals surface area (Å²) in [5, 5.41) is 17.1. The van der Waals surface area contributed by atoms with Crippen LogP contribution in [0.2, 0.25) is 0 Å². The number of nitrogens with one attached hydrogen (secondary N) is 2. The smallest absolute Gasteiger partial charge is 0.353 e. The average Bonchev–Trinajstić information content (AvgIpc) is 3.36. The van der Waals surface area contributed by atoms with Gasteiger partial charge < -0.3 is 40.3 Å². The Bertz CT molecular complexity index is 1870. The molecule has 0 bridgehead atoms. The maximum atomic E-state index is 14.3. The fraction of sp³-hybridized carbons (Fsp3) is 0.382. The van der Waals surface area contributed by atoms with Crippen LogP contribution in [0.4, 0.5) is 5.95 Å². The Hall–Kier alpha value is -5.21. The molecule has 2 aromatic heterocycles. The fourth-order valence-electron chi connectivity index (χ4n) is 6.06. The Labute approximate surface area is 278 Å². The van der Waals surface area contributed by atoms with E-state index in [2.05, 4.69) is 25.5 Å². The third kappa shape index (κ3) is 6.62. The zero-order valence-corrected chi connectivity index (χ0v) is 28.0. The van der Waals surface area contributed by atoms with E-state index in [4.69, 9.17) is 19.9 Å². The summed E-state index contributed by atoms with van der Waals surface area (Å²) < 4.78 is 18.9. The lowest BCUT2D eigenvalue weighted by atomic mass is 9.77. The summed E-state index contributed by atoms with van der Waals surface area (Å²) in [4.78, 5) is 50.9. The van der Waals surface area contributed by atoms with Gasteiger partial charge in [-0.2, -0.15) is 4.98 Å². The third-order valence-electron chi connectivity index (χ3n) is 8.30. The molecule has 0 atom stereocenters. The first-order valence-electron chi connectivity index (χ1n) is 15.5. The number of rotatable bonds is 11. The second-order valence-electron chi connectivity index (χ2n) is 12.4. The monoisotopic (exact) mass is 659 g/mol. The average molecular weight is 660 g/mol. The minimum atomic E-state index is -1.23. The number of ether oxygens (including phenoxy) is 3. The molecule has 5 rings (SSSR count). The van der Waals surface area contributed by atoms with Gasteiger partial charge in [-0.05, 0) is 23.1 Å². The van der Waals surface area contributed by atoms with Gasteiger partial charge in [0.2, 0.25) is 11.8 Å². The molecule has 14 nitrogen and oxygen atoms in total. The number of nitrogens with two attached hydrogens (primary N) is 1. The number of methoxy groups -OCH3 is 1. The number of anilines is 1. The van der Waals surface area contributed by atoms with Gasteiger partial charge in [-0.15, -0.1) is 0 Å². The Morgan fingerprint density at radius 3 is 2.48 bits per heavy atom. The fourth-order valence-corrected chi connectivity index (χ4v) is 6.06. The van der Waals surface area contributed by atoms with E-state index in [9.17, 15) is 19.5 Å². The number of carboxylic acid groups (broad SMARTS) is 1. The van der Waals surface area contributed by atoms with Crippen molar-refractivity contribution in [1.29, 1.82) is 0 Å². The zero-order valence-electron chi connectivity index (χ0n) is 28.0. The van der Waals surface area contributed by atoms with E-state index < -0.39 is 23.2 Å². The van der Waals surface area contributed by atoms with E-state index in [1.165, 1.54) is 11.7 Å². The van der Waals surface area contributed by atoms with Gasteiger partial charge in [0, 0.05) is 69.1 Å². The molecule has 0 spiro atoms. The van der Waals surface area contributed by atoms with Gasteiger partial charge in [0.1, 0.15) is 11.4 Å². The van der Waals surface area contributed by atoms with Crippen LogP contribution in [0.5, 0.6) is 17.4 Å². The highest BCUT2D eigenvalue weighted by molar-refractivity contribution is 6.16. The summed E-state index contributed by atoms with van der Waals surface area (Å²) in [5.74, 6) is -1.68. The molecule has 2 aromatic carbocycles. The maximum absolute atomic E-state index is 14.3. The first-order valence-corrected chi connectivity index (χ1v) is 15.5. The van der Waals surface area contributed by atoms with Crippen molar-refractivity contribution in [3.63, 3.8) is 0 Å². The Kier molecular flexibility index (Phi) is 9.87. The Balaban J connectivity index is 1.79. The quantitative estimate of drug-likeness (QED) is 0.184. The molecular weight excluding hydrogens is 618 g/mol. The first-order chi connectivity index (χ1) is 22.9. The molecule has 0 saturated carbocycles. The molecule has 1 fully saturated rings. The SMILES string of the molecule is CNc1nccc(Oc2cccc3c(-c4c(C(C)(C)C)cc(C(N)=O)c(OC)c4C(=O)NCCN4CCOCC4)c(C(=O)O)n(C)c23)n1. The highest BCUT2D eigenvalue weighted by atomic mass is 16.5. The van der Waals surface area contributed by atoms with Crippen LogP contribution in [0.15, 0.2) is 36.5 Å². The normalized spacial score (nSPS) is 13.7. The van der Waals surface area contributed by atoms with Crippen molar-refractivity contribution >= 4 is 34.6 Å². The second kappa shape index (κ2) is 13.9. The number of hydrogen-bond acceptors (Lipinski definition) is 10. The minimum Gasteiger partial charge on any atom is -0.495 e. The van der Waals surface area contributed by atoms with Gasteiger partial charge in [0.05, 0.1) is 37.0 Å². The summed E-state index contributed by atoms with van der Waals surface area (Å²) in [7, 11) is 4.65. The van der Waals surface area contributed by atoms with Gasteiger partial charge in [-0.25, -0.2) is 9.78 Å². The summed E-state index contributed by atoms with van der Waals surface area (Å²) >= 11 is 0. The van der Waals surface area contributed by atoms with Crippen molar-refractivity contribution in [2.75, 3.05) is 58.9 Å². The lowest BCUT2D eigenvalue weighted by Gasteiger charge is -2.28. The van der Waals surface area contributed by atoms with Crippen LogP contribution in [0.25, 0.3) is 22.0 Å². The highest BCUT2D eigenvalue weighted by Crippen LogP contribution is 2.47. The van der Waals surface area contributed by atoms with Crippen LogP contribution in [-0.2, 0) is 17.2 Å². The predicted octanol–water partition coefficient (Wildman–Crippen LogP) is 3.63. The molecule has 4 aromatic rings. The number of aromatic nitrogens is 3. The van der Waals surface area contributed by atoms with Crippen molar-refractivity contribution in [2.24, 2.45) is 12.8 Å². The van der Waals surface area contributed by atoms with Crippen LogP contribution in [-0.4, -0.2) is 95.9 Å². The number of carboxylic acids is 1. The van der Waals surface area contributed by atoms with Crippen LogP contribution in [0.1, 0.15) is 57.5 Å². The van der Waals surface area contributed by atoms with Crippen molar-refractivity contribution in [3.8, 4) is 28.5 Å². The summed E-state index contributed by atoms with van der Waals surface area (Å²) in [6.45, 7) is 9.31. The summed E-state index contributed by atoms with van der Waals surface area (Å²) in [5.41, 5.74) is 6.64. The zero-order chi connectivity index (χ0) is 34.7. The standard InChI is InChI=1S/C34H41N7O7/c1-34(2,3)21-18-20(30(35)42)29(46-6)26(31(43)37-12-13-41-14-16-47-17-15-41)25(21)24-19-8-7-9-22(27(19)40(5)28(24)32(44)45)48-23-10-11-38-33(36-4)39-23/h7-11,18H,12-17H2,1-6H3,(H2,35,42)(H,37,43)(H,44,45)(H,36,38,39). The molecule has 0 radical (unpaired) electrons. The lowest BCUT2D eigenvalue weighted by Crippen LogP contribution is -2.41. The molecule has 1 saturated heterocycles. The van der Waals surface area contributed by atoms with Crippen LogP contribution < -0.4 is 25.8 Å². The molecule has 3 heterocycles. The van der Waals surface area contributed by atoms with E-state index >= 15 is 0 Å². The third-order valence-corrected chi connectivity index (χ3v) is 8.30. The molecule has 254 valence electrons. The van der Waals surface area contributed by atoms with Crippen molar-refractivity contribution < 1.29 is 33.7 Å². The molecule has 2 amide bonds. The van der Waals surface area contributed by atoms with E-state index in [-0.39, 0.29) is 34.0 Å². The number of nitrogens with zero attached hydrogens (tertiary/aromatic N) is 4. The largest absolute Gasteiger partial charge is 0.495 e. The number of carbonyl (C=O) groups is 3. The summed E-state index contributed by atoms with van der Waals surface area (Å²) in [6, 6.07) is 8.39. The molecule has 5 N–H and O–H groups in total. The number of benzene rings is 2. The van der Waals surface area contributed by atoms with Crippen molar-refractivity contribution in [3.05, 3.63) is 58.9 Å². The first kappa shape index (κ1) is 34.1. The highest BCUT2D eigenvalue weighted by Gasteiger charge is 2.36. The number of para-hydroxylation sites is 1. The van der Waals surface area contributed by atoms with E-state index in [1.807, 2.05) is 20.8 Å². The van der Waals surface area contributed by atoms with Crippen molar-refractivity contribution in [2.45, 2.75) is 26.2 Å². The minimum absolute atomic E-state index is 0.00902. The molecule has 0 aliphatic carbocycles. The number of amides is 2. The van der Waals surface area contributed by atoms with Gasteiger partial charge in [-0.1, -0.05) is 32.9 Å². The van der Waals surface area contributed by atoms with Gasteiger partial charge in [0.25, 0.3) is 11.8 Å². The number of morpholine rings is 1. The molecular formula is C34H41N7O7. The molecule has 0 unspecified atom stereocenters. The lowest BCUT2D eigenvalue weighted by molar-refractivity contribution is 0.0383. The number of primary amides is 1. The van der Waals surface area contributed by atoms with Crippen molar-refractivity contribution in [1.82, 2.24) is 24.8 Å². The summed E-state index contributed by atoms with van der Waals surface area (Å²) in [6.07, 6.45) is 1.54. The number of hydrogen-bond donors (Lipinski definition) is 4. The van der Waals surface area contributed by atoms with Crippen LogP contribution in [0, 0.1) is 0 Å². The van der Waals surface area contributed by atoms with E-state index in [0.717, 1.165) is 13.1 Å². The predicted molar refractivity (Wildman–Crippen MR) is 180 cm³/mol. The van der Waals surface area contributed by atoms with E-state index in [1.54, 1.807) is 50.6 Å². The Morgan fingerprint density at radius 2 is 1.85 bits per heavy atom. The molecule has 1 aliphatic rings. The van der Waals surface area contributed by atoms with Crippen LogP contribution >= 0.6 is 0 Å². The van der Waals surface area contributed by atoms with Crippen LogP contribution in [0.3, 0.4) is 0 Å². The number of carbonyl (C=O) groups excluding carboxylic acids is 2. The van der Waals surface area contributed by atoms with E-state index in [0.29, 0.717) is 60.0 Å². The topological polar surface area (TPSA) is 183 Å². The maximum Gasteiger partial charge on any atom is 0.353 e. The van der Waals surface area contributed by atoms with Gasteiger partial charge in [-0.3, -0.25) is 14.5 Å². The molecule has 1 aliphatic heterocycles. The molecule has 14 heteroatoms. The number of aryl methyl sites for hydroxylation is 1. The molecule has 48 heavy (non-hydrogen) atoms.